The summed E-state index contributed by atoms with van der Waals surface area (Å²) >= 11 is 0. The average Bonchev–Trinajstić information content (AvgIpc) is 2.94. The van der Waals surface area contributed by atoms with Gasteiger partial charge in [-0.1, -0.05) is 13.0 Å². The van der Waals surface area contributed by atoms with E-state index in [0.717, 1.165) is 31.1 Å². The van der Waals surface area contributed by atoms with Crippen molar-refractivity contribution in [3.8, 4) is 5.82 Å². The van der Waals surface area contributed by atoms with E-state index in [1.54, 1.807) is 6.20 Å². The molecular weight excluding hydrogens is 262 g/mol. The van der Waals surface area contributed by atoms with Gasteiger partial charge in [0, 0.05) is 43.1 Å². The zero-order chi connectivity index (χ0) is 15.0. The fourth-order valence-electron chi connectivity index (χ4n) is 3.05. The predicted octanol–water partition coefficient (Wildman–Crippen LogP) is 1.66. The number of nitrogens with two attached hydrogens (primary N) is 1. The standard InChI is InChI=1S/C16H23N5/c1-11-8-20(10-15(11)17)9-14-12(2)19-21(13(14)3)16-6-4-5-7-18-16/h4-7,11,15H,8-10,17H2,1-3H3. The number of aromatic nitrogens is 3. The molecule has 0 radical (unpaired) electrons. The van der Waals surface area contributed by atoms with Gasteiger partial charge in [-0.3, -0.25) is 4.90 Å². The average molecular weight is 285 g/mol. The van der Waals surface area contributed by atoms with E-state index in [4.69, 9.17) is 5.73 Å². The first-order valence-corrected chi connectivity index (χ1v) is 7.50. The summed E-state index contributed by atoms with van der Waals surface area (Å²) in [5, 5.41) is 4.66. The van der Waals surface area contributed by atoms with E-state index in [2.05, 4.69) is 35.8 Å². The van der Waals surface area contributed by atoms with Crippen LogP contribution in [0.3, 0.4) is 0 Å². The predicted molar refractivity (Wildman–Crippen MR) is 83.2 cm³/mol. The van der Waals surface area contributed by atoms with Crippen LogP contribution in [0.25, 0.3) is 5.82 Å². The Bertz CT molecular complexity index is 609. The molecule has 5 heteroatoms. The Kier molecular flexibility index (Phi) is 3.78. The minimum atomic E-state index is 0.288. The molecule has 1 aliphatic rings. The van der Waals surface area contributed by atoms with E-state index < -0.39 is 0 Å². The SMILES string of the molecule is Cc1nn(-c2ccccn2)c(C)c1CN1CC(C)C(N)C1. The summed E-state index contributed by atoms with van der Waals surface area (Å²) in [6, 6.07) is 6.18. The van der Waals surface area contributed by atoms with Crippen molar-refractivity contribution in [1.82, 2.24) is 19.7 Å². The fraction of sp³-hybridized carbons (Fsp3) is 0.500. The van der Waals surface area contributed by atoms with Crippen LogP contribution in [-0.4, -0.2) is 38.8 Å². The molecule has 2 N–H and O–H groups in total. The quantitative estimate of drug-likeness (QED) is 0.932. The van der Waals surface area contributed by atoms with Gasteiger partial charge in [-0.2, -0.15) is 5.10 Å². The van der Waals surface area contributed by atoms with Gasteiger partial charge in [-0.05, 0) is 31.9 Å². The summed E-state index contributed by atoms with van der Waals surface area (Å²) in [5.74, 6) is 1.44. The van der Waals surface area contributed by atoms with Gasteiger partial charge < -0.3 is 5.73 Å². The second kappa shape index (κ2) is 5.58. The van der Waals surface area contributed by atoms with Gasteiger partial charge in [-0.15, -0.1) is 0 Å². The zero-order valence-electron chi connectivity index (χ0n) is 13.0. The molecule has 1 fully saturated rings. The molecule has 5 nitrogen and oxygen atoms in total. The van der Waals surface area contributed by atoms with Crippen LogP contribution >= 0.6 is 0 Å². The molecule has 0 aliphatic carbocycles. The van der Waals surface area contributed by atoms with E-state index in [1.807, 2.05) is 22.9 Å². The van der Waals surface area contributed by atoms with Crippen LogP contribution in [0.5, 0.6) is 0 Å². The lowest BCUT2D eigenvalue weighted by Gasteiger charge is -2.15. The number of nitrogens with zero attached hydrogens (tertiary/aromatic N) is 4. The largest absolute Gasteiger partial charge is 0.326 e. The number of aryl methyl sites for hydroxylation is 1. The Morgan fingerprint density at radius 1 is 1.29 bits per heavy atom. The molecular formula is C16H23N5. The second-order valence-corrected chi connectivity index (χ2v) is 6.08. The Morgan fingerprint density at radius 3 is 2.71 bits per heavy atom. The molecule has 1 aliphatic heterocycles. The van der Waals surface area contributed by atoms with Gasteiger partial charge in [0.25, 0.3) is 0 Å². The van der Waals surface area contributed by atoms with E-state index >= 15 is 0 Å². The minimum Gasteiger partial charge on any atom is -0.326 e. The van der Waals surface area contributed by atoms with Crippen LogP contribution in [0.15, 0.2) is 24.4 Å². The second-order valence-electron chi connectivity index (χ2n) is 6.08. The number of likely N-dealkylation sites (tertiary alicyclic amines) is 1. The normalized spacial score (nSPS) is 22.9. The van der Waals surface area contributed by atoms with Crippen LogP contribution in [-0.2, 0) is 6.54 Å². The maximum absolute atomic E-state index is 6.12. The maximum atomic E-state index is 6.12. The van der Waals surface area contributed by atoms with Crippen molar-refractivity contribution in [3.05, 3.63) is 41.3 Å². The van der Waals surface area contributed by atoms with Crippen LogP contribution in [0.2, 0.25) is 0 Å². The fourth-order valence-corrected chi connectivity index (χ4v) is 3.05. The molecule has 3 rings (SSSR count). The molecule has 3 heterocycles. The monoisotopic (exact) mass is 285 g/mol. The minimum absolute atomic E-state index is 0.288. The molecule has 21 heavy (non-hydrogen) atoms. The number of hydrogen-bond donors (Lipinski definition) is 1. The van der Waals surface area contributed by atoms with Gasteiger partial charge in [0.1, 0.15) is 0 Å². The molecule has 0 saturated carbocycles. The first-order valence-electron chi connectivity index (χ1n) is 7.50. The van der Waals surface area contributed by atoms with Crippen LogP contribution in [0, 0.1) is 19.8 Å². The number of pyridine rings is 1. The van der Waals surface area contributed by atoms with E-state index in [-0.39, 0.29) is 6.04 Å². The highest BCUT2D eigenvalue weighted by Crippen LogP contribution is 2.22. The molecule has 2 atom stereocenters. The Labute approximate surface area is 125 Å². The topological polar surface area (TPSA) is 60.0 Å². The molecule has 0 spiro atoms. The van der Waals surface area contributed by atoms with Crippen molar-refractivity contribution in [2.24, 2.45) is 11.7 Å². The third-order valence-corrected chi connectivity index (χ3v) is 4.44. The molecule has 0 bridgehead atoms. The van der Waals surface area contributed by atoms with Crippen molar-refractivity contribution in [3.63, 3.8) is 0 Å². The van der Waals surface area contributed by atoms with E-state index in [9.17, 15) is 0 Å². The van der Waals surface area contributed by atoms with Crippen LogP contribution in [0.4, 0.5) is 0 Å². The van der Waals surface area contributed by atoms with Crippen molar-refractivity contribution in [2.75, 3.05) is 13.1 Å². The summed E-state index contributed by atoms with van der Waals surface area (Å²) in [7, 11) is 0. The summed E-state index contributed by atoms with van der Waals surface area (Å²) < 4.78 is 1.93. The van der Waals surface area contributed by atoms with Crippen molar-refractivity contribution >= 4 is 0 Å². The highest BCUT2D eigenvalue weighted by molar-refractivity contribution is 5.32. The molecule has 2 aromatic heterocycles. The molecule has 1 saturated heterocycles. The van der Waals surface area contributed by atoms with Crippen LogP contribution < -0.4 is 5.73 Å². The van der Waals surface area contributed by atoms with E-state index in [1.165, 1.54) is 11.3 Å². The summed E-state index contributed by atoms with van der Waals surface area (Å²) in [6.45, 7) is 9.36. The Morgan fingerprint density at radius 2 is 2.10 bits per heavy atom. The lowest BCUT2D eigenvalue weighted by molar-refractivity contribution is 0.317. The number of hydrogen-bond acceptors (Lipinski definition) is 4. The highest BCUT2D eigenvalue weighted by atomic mass is 15.3. The smallest absolute Gasteiger partial charge is 0.153 e. The summed E-state index contributed by atoms with van der Waals surface area (Å²) in [4.78, 5) is 6.81. The van der Waals surface area contributed by atoms with Crippen molar-refractivity contribution < 1.29 is 0 Å². The summed E-state index contributed by atoms with van der Waals surface area (Å²) in [5.41, 5.74) is 9.66. The van der Waals surface area contributed by atoms with Gasteiger partial charge in [-0.25, -0.2) is 9.67 Å². The van der Waals surface area contributed by atoms with Gasteiger partial charge in [0.05, 0.1) is 5.69 Å². The third kappa shape index (κ3) is 2.71. The summed E-state index contributed by atoms with van der Waals surface area (Å²) in [6.07, 6.45) is 1.80. The lowest BCUT2D eigenvalue weighted by atomic mass is 10.1. The van der Waals surface area contributed by atoms with Crippen LogP contribution in [0.1, 0.15) is 23.9 Å². The Balaban J connectivity index is 1.86. The lowest BCUT2D eigenvalue weighted by Crippen LogP contribution is -2.28. The number of rotatable bonds is 3. The highest BCUT2D eigenvalue weighted by Gasteiger charge is 2.27. The molecule has 0 aromatic carbocycles. The molecule has 2 unspecified atom stereocenters. The molecule has 2 aromatic rings. The van der Waals surface area contributed by atoms with E-state index in [0.29, 0.717) is 5.92 Å². The third-order valence-electron chi connectivity index (χ3n) is 4.44. The van der Waals surface area contributed by atoms with Crippen molar-refractivity contribution in [2.45, 2.75) is 33.4 Å². The van der Waals surface area contributed by atoms with Crippen molar-refractivity contribution in [1.29, 1.82) is 0 Å². The van der Waals surface area contributed by atoms with Gasteiger partial charge in [0.15, 0.2) is 5.82 Å². The maximum Gasteiger partial charge on any atom is 0.153 e. The first kappa shape index (κ1) is 14.2. The molecule has 0 amide bonds. The molecule has 112 valence electrons. The zero-order valence-corrected chi connectivity index (χ0v) is 13.0. The van der Waals surface area contributed by atoms with Gasteiger partial charge in [0.2, 0.25) is 0 Å². The first-order chi connectivity index (χ1) is 10.1. The van der Waals surface area contributed by atoms with Gasteiger partial charge >= 0.3 is 0 Å². The Hall–Kier alpha value is -1.72.